The van der Waals surface area contributed by atoms with Crippen LogP contribution in [0.4, 0.5) is 0 Å². The molecule has 1 unspecified atom stereocenters. The molecule has 4 aliphatic rings. The number of fused-ring (bicyclic) bond motifs is 5. The van der Waals surface area contributed by atoms with E-state index >= 15 is 0 Å². The van der Waals surface area contributed by atoms with Gasteiger partial charge in [0.05, 0.1) is 0 Å². The summed E-state index contributed by atoms with van der Waals surface area (Å²) in [7, 11) is 0. The van der Waals surface area contributed by atoms with E-state index in [9.17, 15) is 0 Å². The van der Waals surface area contributed by atoms with Crippen molar-refractivity contribution in [2.24, 2.45) is 40.4 Å². The van der Waals surface area contributed by atoms with Crippen LogP contribution in [-0.4, -0.2) is 0 Å². The number of hydrogen-bond donors (Lipinski definition) is 0. The summed E-state index contributed by atoms with van der Waals surface area (Å²) in [5, 5.41) is 0. The summed E-state index contributed by atoms with van der Waals surface area (Å²) in [6.45, 7) is 7.81. The maximum Gasteiger partial charge on any atom is -0.0266 e. The van der Waals surface area contributed by atoms with Crippen molar-refractivity contribution in [2.45, 2.75) is 111 Å². The molecule has 0 aromatic carbocycles. The van der Waals surface area contributed by atoms with E-state index in [4.69, 9.17) is 0 Å². The van der Waals surface area contributed by atoms with Crippen LogP contribution in [0.25, 0.3) is 0 Å². The second-order valence-corrected chi connectivity index (χ2v) is 10.7. The minimum absolute atomic E-state index is 0.715. The van der Waals surface area contributed by atoms with E-state index in [1.165, 1.54) is 38.5 Å². The first-order valence-corrected chi connectivity index (χ1v) is 11.6. The lowest BCUT2D eigenvalue weighted by Crippen LogP contribution is -2.52. The third-order valence-corrected chi connectivity index (χ3v) is 9.94. The quantitative estimate of drug-likeness (QED) is 0.465. The molecule has 0 heterocycles. The summed E-state index contributed by atoms with van der Waals surface area (Å²) in [6, 6.07) is 0. The highest BCUT2D eigenvalue weighted by Crippen LogP contribution is 2.67. The predicted molar refractivity (Wildman–Crippen MR) is 104 cm³/mol. The zero-order chi connectivity index (χ0) is 16.8. The van der Waals surface area contributed by atoms with E-state index in [1.807, 2.05) is 0 Å². The molecular weight excluding hydrogens is 288 g/mol. The van der Waals surface area contributed by atoms with Gasteiger partial charge in [-0.3, -0.25) is 0 Å². The topological polar surface area (TPSA) is 0 Å². The van der Waals surface area contributed by atoms with Crippen LogP contribution in [0, 0.1) is 40.4 Å². The smallest absolute Gasteiger partial charge is 0.0266 e. The summed E-state index contributed by atoms with van der Waals surface area (Å²) in [5.74, 6) is 5.41. The Morgan fingerprint density at radius 2 is 1.58 bits per heavy atom. The molecule has 0 radical (unpaired) electrons. The van der Waals surface area contributed by atoms with Gasteiger partial charge in [-0.15, -0.1) is 0 Å². The van der Waals surface area contributed by atoms with Gasteiger partial charge in [0.2, 0.25) is 0 Å². The fourth-order valence-corrected chi connectivity index (χ4v) is 8.52. The van der Waals surface area contributed by atoms with Crippen molar-refractivity contribution in [1.29, 1.82) is 0 Å². The third kappa shape index (κ3) is 2.61. The Labute approximate surface area is 151 Å². The largest absolute Gasteiger partial charge is 0.0654 e. The van der Waals surface area contributed by atoms with Crippen molar-refractivity contribution in [3.8, 4) is 0 Å². The lowest BCUT2D eigenvalue weighted by atomic mass is 9.45. The number of hydrogen-bond acceptors (Lipinski definition) is 0. The molecule has 0 aromatic rings. The molecule has 0 heteroatoms. The molecule has 0 amide bonds. The van der Waals surface area contributed by atoms with Gasteiger partial charge in [0, 0.05) is 0 Å². The van der Waals surface area contributed by atoms with Crippen LogP contribution in [0.2, 0.25) is 0 Å². The van der Waals surface area contributed by atoms with Gasteiger partial charge in [0.1, 0.15) is 0 Å². The average molecular weight is 331 g/mol. The Bertz CT molecular complexity index is 439. The number of rotatable bonds is 4. The molecule has 4 aliphatic carbocycles. The van der Waals surface area contributed by atoms with Crippen LogP contribution in [-0.2, 0) is 0 Å². The molecule has 138 valence electrons. The highest BCUT2D eigenvalue weighted by Gasteiger charge is 2.59. The third-order valence-electron chi connectivity index (χ3n) is 9.94. The van der Waals surface area contributed by atoms with Gasteiger partial charge in [-0.25, -0.2) is 0 Å². The molecule has 0 aromatic heterocycles. The SMILES string of the molecule is CCCCCC1CC[C@@H]2[C@@H]3CC[C@H]4CCCC[C@]4(C)[C@H]3CC[C@]12C. The average Bonchev–Trinajstić information content (AvgIpc) is 2.91. The summed E-state index contributed by atoms with van der Waals surface area (Å²) in [6.07, 6.45) is 21.5. The van der Waals surface area contributed by atoms with Crippen molar-refractivity contribution in [1.82, 2.24) is 0 Å². The Morgan fingerprint density at radius 3 is 2.42 bits per heavy atom. The highest BCUT2D eigenvalue weighted by atomic mass is 14.6. The van der Waals surface area contributed by atoms with Gasteiger partial charge in [-0.2, -0.15) is 0 Å². The molecule has 24 heavy (non-hydrogen) atoms. The van der Waals surface area contributed by atoms with E-state index in [0.29, 0.717) is 5.41 Å². The molecule has 0 nitrogen and oxygen atoms in total. The number of unbranched alkanes of at least 4 members (excludes halogenated alkanes) is 2. The summed E-state index contributed by atoms with van der Waals surface area (Å²) in [5.41, 5.74) is 1.44. The van der Waals surface area contributed by atoms with Gasteiger partial charge in [-0.05, 0) is 98.2 Å². The lowest BCUT2D eigenvalue weighted by Gasteiger charge is -2.60. The van der Waals surface area contributed by atoms with Crippen LogP contribution < -0.4 is 0 Å². The predicted octanol–water partition coefficient (Wildman–Crippen LogP) is 7.62. The molecule has 0 saturated heterocycles. The van der Waals surface area contributed by atoms with Crippen LogP contribution in [0.15, 0.2) is 0 Å². The van der Waals surface area contributed by atoms with Gasteiger partial charge in [-0.1, -0.05) is 52.9 Å². The highest BCUT2D eigenvalue weighted by molar-refractivity contribution is 5.08. The van der Waals surface area contributed by atoms with Crippen LogP contribution >= 0.6 is 0 Å². The van der Waals surface area contributed by atoms with E-state index in [-0.39, 0.29) is 0 Å². The fraction of sp³-hybridized carbons (Fsp3) is 1.00. The van der Waals surface area contributed by atoms with Gasteiger partial charge in [0.15, 0.2) is 0 Å². The minimum Gasteiger partial charge on any atom is -0.0654 e. The lowest BCUT2D eigenvalue weighted by molar-refractivity contribution is -0.111. The van der Waals surface area contributed by atoms with E-state index < -0.39 is 0 Å². The summed E-state index contributed by atoms with van der Waals surface area (Å²) >= 11 is 0. The van der Waals surface area contributed by atoms with E-state index in [0.717, 1.165) is 35.0 Å². The molecule has 7 atom stereocenters. The second-order valence-electron chi connectivity index (χ2n) is 10.7. The van der Waals surface area contributed by atoms with E-state index in [1.54, 1.807) is 51.4 Å². The van der Waals surface area contributed by atoms with Gasteiger partial charge in [0.25, 0.3) is 0 Å². The molecule has 4 rings (SSSR count). The molecule has 0 N–H and O–H groups in total. The normalized spacial score (nSPS) is 50.9. The molecule has 4 fully saturated rings. The first-order chi connectivity index (χ1) is 11.6. The van der Waals surface area contributed by atoms with Crippen molar-refractivity contribution in [3.63, 3.8) is 0 Å². The molecule has 4 saturated carbocycles. The monoisotopic (exact) mass is 330 g/mol. The van der Waals surface area contributed by atoms with Crippen LogP contribution in [0.5, 0.6) is 0 Å². The first-order valence-electron chi connectivity index (χ1n) is 11.6. The zero-order valence-electron chi connectivity index (χ0n) is 16.8. The molecule has 0 aliphatic heterocycles. The maximum absolute atomic E-state index is 2.73. The van der Waals surface area contributed by atoms with Crippen LogP contribution in [0.3, 0.4) is 0 Å². The van der Waals surface area contributed by atoms with Gasteiger partial charge >= 0.3 is 0 Å². The van der Waals surface area contributed by atoms with Gasteiger partial charge < -0.3 is 0 Å². The Hall–Kier alpha value is 0. The van der Waals surface area contributed by atoms with E-state index in [2.05, 4.69) is 20.8 Å². The summed E-state index contributed by atoms with van der Waals surface area (Å²) in [4.78, 5) is 0. The Balaban J connectivity index is 1.51. The Kier molecular flexibility index (Phi) is 4.81. The van der Waals surface area contributed by atoms with Crippen molar-refractivity contribution in [2.75, 3.05) is 0 Å². The minimum atomic E-state index is 0.715. The Morgan fingerprint density at radius 1 is 0.750 bits per heavy atom. The van der Waals surface area contributed by atoms with Crippen LogP contribution in [0.1, 0.15) is 111 Å². The molecular formula is C24H42. The second kappa shape index (κ2) is 6.62. The van der Waals surface area contributed by atoms with Crippen molar-refractivity contribution in [3.05, 3.63) is 0 Å². The van der Waals surface area contributed by atoms with Crippen molar-refractivity contribution >= 4 is 0 Å². The molecule has 0 bridgehead atoms. The van der Waals surface area contributed by atoms with Crippen molar-refractivity contribution < 1.29 is 0 Å². The maximum atomic E-state index is 2.73. The first kappa shape index (κ1) is 17.4. The fourth-order valence-electron chi connectivity index (χ4n) is 8.52. The summed E-state index contributed by atoms with van der Waals surface area (Å²) < 4.78 is 0. The standard InChI is InChI=1S/C24H42/c1-4-5-6-9-19-12-14-21-20-13-11-18-10-7-8-16-23(18,2)22(20)15-17-24(19,21)3/h18-22H,4-17H2,1-3H3/t18-,19?,20+,21-,22+,23+,24-/m1/s1. The molecule has 0 spiro atoms. The zero-order valence-corrected chi connectivity index (χ0v) is 16.8.